The van der Waals surface area contributed by atoms with Crippen molar-refractivity contribution in [1.82, 2.24) is 5.32 Å². The number of hydrogen-bond donors (Lipinski definition) is 2. The number of nitrogens with one attached hydrogen (secondary N) is 1. The maximum Gasteiger partial charge on any atom is 0.255 e. The van der Waals surface area contributed by atoms with Crippen molar-refractivity contribution in [2.45, 2.75) is 12.8 Å². The van der Waals surface area contributed by atoms with Crippen LogP contribution in [0.5, 0.6) is 5.75 Å². The highest BCUT2D eigenvalue weighted by molar-refractivity contribution is 5.98. The van der Waals surface area contributed by atoms with Gasteiger partial charge in [0.05, 0.1) is 25.0 Å². The summed E-state index contributed by atoms with van der Waals surface area (Å²) in [6.45, 7) is 2.17. The number of benzene rings is 1. The Bertz CT molecular complexity index is 442. The third-order valence-corrected chi connectivity index (χ3v) is 3.30. The second-order valence-electron chi connectivity index (χ2n) is 4.72. The summed E-state index contributed by atoms with van der Waals surface area (Å²) in [4.78, 5) is 12.1. The molecule has 19 heavy (non-hydrogen) atoms. The highest BCUT2D eigenvalue weighted by Gasteiger charge is 2.18. The lowest BCUT2D eigenvalue weighted by Gasteiger charge is -2.22. The van der Waals surface area contributed by atoms with Crippen LogP contribution < -0.4 is 15.8 Å². The summed E-state index contributed by atoms with van der Waals surface area (Å²) >= 11 is 0. The zero-order valence-electron chi connectivity index (χ0n) is 11.1. The highest BCUT2D eigenvalue weighted by Crippen LogP contribution is 2.25. The van der Waals surface area contributed by atoms with Gasteiger partial charge in [-0.1, -0.05) is 6.07 Å². The zero-order chi connectivity index (χ0) is 13.7. The number of methoxy groups -OCH3 is 1. The van der Waals surface area contributed by atoms with Crippen LogP contribution in [0.1, 0.15) is 23.2 Å². The number of nitrogen functional groups attached to an aromatic ring is 1. The lowest BCUT2D eigenvalue weighted by molar-refractivity contribution is 0.0536. The van der Waals surface area contributed by atoms with Crippen LogP contribution in [-0.2, 0) is 4.74 Å². The van der Waals surface area contributed by atoms with Crippen molar-refractivity contribution in [2.75, 3.05) is 32.6 Å². The van der Waals surface area contributed by atoms with Crippen molar-refractivity contribution in [3.05, 3.63) is 23.8 Å². The number of carbonyl (C=O) groups is 1. The van der Waals surface area contributed by atoms with E-state index in [4.69, 9.17) is 15.2 Å². The molecule has 0 spiro atoms. The van der Waals surface area contributed by atoms with Gasteiger partial charge in [0, 0.05) is 13.2 Å². The van der Waals surface area contributed by atoms with Crippen LogP contribution in [0.4, 0.5) is 5.69 Å². The molecule has 1 atom stereocenters. The number of carbonyl (C=O) groups excluding carboxylic acids is 1. The molecular weight excluding hydrogens is 244 g/mol. The first-order valence-electron chi connectivity index (χ1n) is 6.50. The van der Waals surface area contributed by atoms with E-state index in [0.29, 0.717) is 36.1 Å². The molecule has 1 unspecified atom stereocenters. The minimum atomic E-state index is -0.158. The van der Waals surface area contributed by atoms with Crippen molar-refractivity contribution in [3.8, 4) is 5.75 Å². The lowest BCUT2D eigenvalue weighted by Crippen LogP contribution is -2.33. The van der Waals surface area contributed by atoms with Gasteiger partial charge in [-0.25, -0.2) is 0 Å². The average molecular weight is 264 g/mol. The molecule has 2 rings (SSSR count). The Morgan fingerprint density at radius 1 is 1.58 bits per heavy atom. The van der Waals surface area contributed by atoms with Crippen LogP contribution in [0.3, 0.4) is 0 Å². The minimum Gasteiger partial charge on any atom is -0.494 e. The van der Waals surface area contributed by atoms with E-state index in [0.717, 1.165) is 19.4 Å². The fourth-order valence-corrected chi connectivity index (χ4v) is 2.26. The standard InChI is InChI=1S/C14H20N2O3/c1-18-13-11(5-2-6-12(13)15)14(17)16-8-10-4-3-7-19-9-10/h2,5-6,10H,3-4,7-9,15H2,1H3,(H,16,17). The molecule has 1 aromatic carbocycles. The monoisotopic (exact) mass is 264 g/mol. The van der Waals surface area contributed by atoms with E-state index in [9.17, 15) is 4.79 Å². The summed E-state index contributed by atoms with van der Waals surface area (Å²) in [7, 11) is 1.51. The molecule has 1 aromatic rings. The zero-order valence-corrected chi connectivity index (χ0v) is 11.1. The van der Waals surface area contributed by atoms with Crippen LogP contribution in [0.25, 0.3) is 0 Å². The topological polar surface area (TPSA) is 73.6 Å². The fraction of sp³-hybridized carbons (Fsp3) is 0.500. The van der Waals surface area contributed by atoms with Crippen LogP contribution >= 0.6 is 0 Å². The van der Waals surface area contributed by atoms with E-state index in [1.54, 1.807) is 18.2 Å². The normalized spacial score (nSPS) is 18.9. The molecule has 1 fully saturated rings. The number of hydrogen-bond acceptors (Lipinski definition) is 4. The number of amides is 1. The number of rotatable bonds is 4. The summed E-state index contributed by atoms with van der Waals surface area (Å²) in [5, 5.41) is 2.92. The van der Waals surface area contributed by atoms with Gasteiger partial charge in [-0.3, -0.25) is 4.79 Å². The molecule has 5 heteroatoms. The smallest absolute Gasteiger partial charge is 0.255 e. The second-order valence-corrected chi connectivity index (χ2v) is 4.72. The molecule has 1 heterocycles. The Kier molecular flexibility index (Phi) is 4.63. The van der Waals surface area contributed by atoms with E-state index in [2.05, 4.69) is 5.32 Å². The van der Waals surface area contributed by atoms with Gasteiger partial charge >= 0.3 is 0 Å². The minimum absolute atomic E-state index is 0.158. The molecule has 0 aliphatic carbocycles. The average Bonchev–Trinajstić information content (AvgIpc) is 2.45. The van der Waals surface area contributed by atoms with Crippen LogP contribution in [0.2, 0.25) is 0 Å². The van der Waals surface area contributed by atoms with Gasteiger partial charge in [0.15, 0.2) is 5.75 Å². The molecule has 1 aliphatic heterocycles. The number of para-hydroxylation sites is 1. The second kappa shape index (κ2) is 6.43. The fourth-order valence-electron chi connectivity index (χ4n) is 2.26. The van der Waals surface area contributed by atoms with Crippen LogP contribution in [0, 0.1) is 5.92 Å². The van der Waals surface area contributed by atoms with Gasteiger partial charge in [-0.2, -0.15) is 0 Å². The number of anilines is 1. The van der Waals surface area contributed by atoms with Gasteiger partial charge < -0.3 is 20.5 Å². The summed E-state index contributed by atoms with van der Waals surface area (Å²) in [5.41, 5.74) is 6.72. The molecule has 5 nitrogen and oxygen atoms in total. The molecule has 1 aliphatic rings. The van der Waals surface area contributed by atoms with Gasteiger partial charge in [-0.05, 0) is 30.9 Å². The quantitative estimate of drug-likeness (QED) is 0.807. The molecule has 104 valence electrons. The maximum atomic E-state index is 12.1. The predicted octanol–water partition coefficient (Wildman–Crippen LogP) is 1.43. The Labute approximate surface area is 113 Å². The van der Waals surface area contributed by atoms with Crippen LogP contribution in [-0.4, -0.2) is 32.8 Å². The molecular formula is C14H20N2O3. The van der Waals surface area contributed by atoms with Gasteiger partial charge in [0.25, 0.3) is 5.91 Å². The molecule has 0 radical (unpaired) electrons. The molecule has 0 aromatic heterocycles. The first-order chi connectivity index (χ1) is 9.22. The van der Waals surface area contributed by atoms with Gasteiger partial charge in [0.1, 0.15) is 0 Å². The van der Waals surface area contributed by atoms with E-state index in [1.165, 1.54) is 7.11 Å². The van der Waals surface area contributed by atoms with Crippen molar-refractivity contribution in [3.63, 3.8) is 0 Å². The SMILES string of the molecule is COc1c(N)cccc1C(=O)NCC1CCCOC1. The Hall–Kier alpha value is -1.75. The van der Waals surface area contributed by atoms with Crippen molar-refractivity contribution < 1.29 is 14.3 Å². The van der Waals surface area contributed by atoms with E-state index >= 15 is 0 Å². The van der Waals surface area contributed by atoms with E-state index < -0.39 is 0 Å². The predicted molar refractivity (Wildman–Crippen MR) is 73.3 cm³/mol. The van der Waals surface area contributed by atoms with E-state index in [-0.39, 0.29) is 5.91 Å². The number of nitrogens with two attached hydrogens (primary N) is 1. The van der Waals surface area contributed by atoms with Crippen molar-refractivity contribution >= 4 is 11.6 Å². The molecule has 1 amide bonds. The third kappa shape index (κ3) is 3.38. The van der Waals surface area contributed by atoms with Crippen molar-refractivity contribution in [2.24, 2.45) is 5.92 Å². The maximum absolute atomic E-state index is 12.1. The largest absolute Gasteiger partial charge is 0.494 e. The first kappa shape index (κ1) is 13.7. The summed E-state index contributed by atoms with van der Waals surface area (Å²) < 4.78 is 10.6. The Morgan fingerprint density at radius 3 is 3.11 bits per heavy atom. The summed E-state index contributed by atoms with van der Waals surface area (Å²) in [6, 6.07) is 5.17. The van der Waals surface area contributed by atoms with E-state index in [1.807, 2.05) is 0 Å². The molecule has 0 bridgehead atoms. The van der Waals surface area contributed by atoms with Gasteiger partial charge in [-0.15, -0.1) is 0 Å². The van der Waals surface area contributed by atoms with Crippen LogP contribution in [0.15, 0.2) is 18.2 Å². The Balaban J connectivity index is 1.97. The Morgan fingerprint density at radius 2 is 2.42 bits per heavy atom. The van der Waals surface area contributed by atoms with Gasteiger partial charge in [0.2, 0.25) is 0 Å². The van der Waals surface area contributed by atoms with Crippen molar-refractivity contribution in [1.29, 1.82) is 0 Å². The first-order valence-corrected chi connectivity index (χ1v) is 6.50. The summed E-state index contributed by atoms with van der Waals surface area (Å²) in [5.74, 6) is 0.666. The molecule has 1 saturated heterocycles. The third-order valence-electron chi connectivity index (χ3n) is 3.30. The summed E-state index contributed by atoms with van der Waals surface area (Å²) in [6.07, 6.45) is 2.15. The highest BCUT2D eigenvalue weighted by atomic mass is 16.5. The molecule has 0 saturated carbocycles. The lowest BCUT2D eigenvalue weighted by atomic mass is 10.0. The molecule has 3 N–H and O–H groups in total. The number of ether oxygens (including phenoxy) is 2.